The summed E-state index contributed by atoms with van der Waals surface area (Å²) < 4.78 is 37.9. The van der Waals surface area contributed by atoms with Crippen LogP contribution in [-0.2, 0) is 28.6 Å². The Morgan fingerprint density at radius 1 is 0.732 bits per heavy atom. The summed E-state index contributed by atoms with van der Waals surface area (Å²) >= 11 is 5.94. The number of amides is 2. The molecule has 4 nitrogen and oxygen atoms in total. The van der Waals surface area contributed by atoms with Crippen molar-refractivity contribution >= 4 is 23.4 Å². The Labute approximate surface area is 247 Å². The zero-order valence-corrected chi connectivity index (χ0v) is 25.1. The van der Waals surface area contributed by atoms with E-state index in [1.54, 1.807) is 6.07 Å². The SMILES string of the molecule is CC1(C(=O)NCCc2cccc(C(F)(F)F)c2)CCCCC1.CC1(C(=O)NCCc2cccc(Cl)c2)CCCCC1. The minimum Gasteiger partial charge on any atom is -0.355 e. The van der Waals surface area contributed by atoms with Crippen LogP contribution in [0.1, 0.15) is 94.7 Å². The predicted octanol–water partition coefficient (Wildman–Crippen LogP) is 8.30. The lowest BCUT2D eigenvalue weighted by molar-refractivity contribution is -0.137. The first-order valence-corrected chi connectivity index (χ1v) is 15.3. The molecule has 0 bridgehead atoms. The highest BCUT2D eigenvalue weighted by atomic mass is 35.5. The second-order valence-electron chi connectivity index (χ2n) is 12.1. The first-order chi connectivity index (χ1) is 19.4. The molecule has 0 spiro atoms. The molecule has 0 unspecified atom stereocenters. The summed E-state index contributed by atoms with van der Waals surface area (Å²) in [6.45, 7) is 5.14. The summed E-state index contributed by atoms with van der Waals surface area (Å²) in [6, 6.07) is 13.1. The molecule has 4 rings (SSSR count). The van der Waals surface area contributed by atoms with Gasteiger partial charge in [0.25, 0.3) is 0 Å². The average molecular weight is 593 g/mol. The van der Waals surface area contributed by atoms with Crippen LogP contribution in [0.3, 0.4) is 0 Å². The minimum atomic E-state index is -4.32. The molecule has 8 heteroatoms. The van der Waals surface area contributed by atoms with Crippen LogP contribution in [0.2, 0.25) is 5.02 Å². The smallest absolute Gasteiger partial charge is 0.355 e. The highest BCUT2D eigenvalue weighted by Gasteiger charge is 2.35. The van der Waals surface area contributed by atoms with Crippen LogP contribution in [0.15, 0.2) is 48.5 Å². The zero-order chi connectivity index (χ0) is 29.9. The third kappa shape index (κ3) is 10.4. The van der Waals surface area contributed by atoms with Crippen LogP contribution in [0.25, 0.3) is 0 Å². The van der Waals surface area contributed by atoms with Gasteiger partial charge in [0.2, 0.25) is 11.8 Å². The van der Waals surface area contributed by atoms with Crippen molar-refractivity contribution < 1.29 is 22.8 Å². The van der Waals surface area contributed by atoms with Gasteiger partial charge in [-0.1, -0.05) is 94.3 Å². The molecule has 2 N–H and O–H groups in total. The highest BCUT2D eigenvalue weighted by molar-refractivity contribution is 6.30. The number of halogens is 4. The Hall–Kier alpha value is -2.54. The van der Waals surface area contributed by atoms with E-state index in [2.05, 4.69) is 17.6 Å². The Morgan fingerprint density at radius 2 is 1.17 bits per heavy atom. The van der Waals surface area contributed by atoms with Gasteiger partial charge in [-0.05, 0) is 67.9 Å². The fraction of sp³-hybridized carbons (Fsp3) is 0.576. The molecule has 0 heterocycles. The molecule has 0 aromatic heterocycles. The van der Waals surface area contributed by atoms with Crippen molar-refractivity contribution in [2.45, 2.75) is 97.1 Å². The van der Waals surface area contributed by atoms with Crippen LogP contribution in [-0.4, -0.2) is 24.9 Å². The first kappa shape index (κ1) is 33.0. The van der Waals surface area contributed by atoms with Crippen LogP contribution >= 0.6 is 11.6 Å². The van der Waals surface area contributed by atoms with Gasteiger partial charge in [0.15, 0.2) is 0 Å². The van der Waals surface area contributed by atoms with Crippen LogP contribution in [0, 0.1) is 10.8 Å². The van der Waals surface area contributed by atoms with Crippen molar-refractivity contribution in [3.63, 3.8) is 0 Å². The Bertz CT molecular complexity index is 1140. The number of carbonyl (C=O) groups excluding carboxylic acids is 2. The Balaban J connectivity index is 0.000000228. The van der Waals surface area contributed by atoms with Crippen molar-refractivity contribution in [3.8, 4) is 0 Å². The summed E-state index contributed by atoms with van der Waals surface area (Å²) in [4.78, 5) is 24.5. The molecule has 2 aromatic carbocycles. The molecule has 2 amide bonds. The zero-order valence-electron chi connectivity index (χ0n) is 24.3. The largest absolute Gasteiger partial charge is 0.416 e. The van der Waals surface area contributed by atoms with E-state index >= 15 is 0 Å². The van der Waals surface area contributed by atoms with Crippen molar-refractivity contribution in [2.24, 2.45) is 10.8 Å². The van der Waals surface area contributed by atoms with Crippen LogP contribution in [0.5, 0.6) is 0 Å². The van der Waals surface area contributed by atoms with E-state index in [4.69, 9.17) is 11.6 Å². The summed E-state index contributed by atoms with van der Waals surface area (Å²) in [5, 5.41) is 6.71. The second-order valence-corrected chi connectivity index (χ2v) is 12.5. The van der Waals surface area contributed by atoms with Gasteiger partial charge in [-0.2, -0.15) is 13.2 Å². The van der Waals surface area contributed by atoms with E-state index < -0.39 is 11.7 Å². The van der Waals surface area contributed by atoms with Gasteiger partial charge in [-0.25, -0.2) is 0 Å². The maximum absolute atomic E-state index is 12.6. The fourth-order valence-corrected chi connectivity index (χ4v) is 5.99. The summed E-state index contributed by atoms with van der Waals surface area (Å²) in [7, 11) is 0. The number of rotatable bonds is 8. The topological polar surface area (TPSA) is 58.2 Å². The minimum absolute atomic E-state index is 0.0270. The van der Waals surface area contributed by atoms with Crippen molar-refractivity contribution in [1.82, 2.24) is 10.6 Å². The molecule has 0 radical (unpaired) electrons. The normalized spacial score (nSPS) is 18.0. The molecular formula is C33H44ClF3N2O2. The maximum atomic E-state index is 12.6. The van der Waals surface area contributed by atoms with E-state index in [0.29, 0.717) is 25.1 Å². The molecular weight excluding hydrogens is 549 g/mol. The van der Waals surface area contributed by atoms with Gasteiger partial charge in [-0.3, -0.25) is 9.59 Å². The maximum Gasteiger partial charge on any atom is 0.416 e. The molecule has 226 valence electrons. The number of benzene rings is 2. The molecule has 0 atom stereocenters. The van der Waals surface area contributed by atoms with Gasteiger partial charge in [0.1, 0.15) is 0 Å². The Kier molecular flexibility index (Phi) is 12.1. The third-order valence-electron chi connectivity index (χ3n) is 8.55. The second kappa shape index (κ2) is 15.1. The molecule has 2 aromatic rings. The quantitative estimate of drug-likeness (QED) is 0.324. The lowest BCUT2D eigenvalue weighted by atomic mass is 9.75. The number of hydrogen-bond acceptors (Lipinski definition) is 2. The number of nitrogens with one attached hydrogen (secondary N) is 2. The van der Waals surface area contributed by atoms with Gasteiger partial charge in [-0.15, -0.1) is 0 Å². The van der Waals surface area contributed by atoms with E-state index in [9.17, 15) is 22.8 Å². The molecule has 41 heavy (non-hydrogen) atoms. The van der Waals surface area contributed by atoms with Crippen LogP contribution < -0.4 is 10.6 Å². The summed E-state index contributed by atoms with van der Waals surface area (Å²) in [5.74, 6) is 0.244. The molecule has 0 saturated heterocycles. The first-order valence-electron chi connectivity index (χ1n) is 14.9. The van der Waals surface area contributed by atoms with E-state index in [-0.39, 0.29) is 22.6 Å². The highest BCUT2D eigenvalue weighted by Crippen LogP contribution is 2.36. The van der Waals surface area contributed by atoms with Gasteiger partial charge in [0.05, 0.1) is 5.56 Å². The standard InChI is InChI=1S/C17H22F3NO.C16H22ClNO/c1-16(9-3-2-4-10-16)15(22)21-11-8-13-6-5-7-14(12-13)17(18,19)20;1-16(9-3-2-4-10-16)15(19)18-11-8-13-6-5-7-14(17)12-13/h5-7,12H,2-4,8-11H2,1H3,(H,21,22);5-7,12H,2-4,8-11H2,1H3,(H,18,19). The summed E-state index contributed by atoms with van der Waals surface area (Å²) in [5.41, 5.74) is 0.652. The third-order valence-corrected chi connectivity index (χ3v) is 8.79. The molecule has 2 fully saturated rings. The molecule has 2 aliphatic rings. The van der Waals surface area contributed by atoms with Crippen molar-refractivity contribution in [1.29, 1.82) is 0 Å². The molecule has 2 saturated carbocycles. The lowest BCUT2D eigenvalue weighted by Gasteiger charge is -2.32. The fourth-order valence-electron chi connectivity index (χ4n) is 5.78. The van der Waals surface area contributed by atoms with Crippen molar-refractivity contribution in [2.75, 3.05) is 13.1 Å². The van der Waals surface area contributed by atoms with E-state index in [1.807, 2.05) is 31.2 Å². The average Bonchev–Trinajstić information content (AvgIpc) is 2.94. The monoisotopic (exact) mass is 592 g/mol. The van der Waals surface area contributed by atoms with Crippen LogP contribution in [0.4, 0.5) is 13.2 Å². The van der Waals surface area contributed by atoms with E-state index in [1.165, 1.54) is 37.3 Å². The summed E-state index contributed by atoms with van der Waals surface area (Å²) in [6.07, 6.45) is 7.68. The molecule has 2 aliphatic carbocycles. The number of carbonyl (C=O) groups is 2. The Morgan fingerprint density at radius 3 is 1.61 bits per heavy atom. The lowest BCUT2D eigenvalue weighted by Crippen LogP contribution is -2.41. The molecule has 0 aliphatic heterocycles. The number of alkyl halides is 3. The number of hydrogen-bond donors (Lipinski definition) is 2. The van der Waals surface area contributed by atoms with E-state index in [0.717, 1.165) is 62.1 Å². The van der Waals surface area contributed by atoms with Gasteiger partial charge in [0, 0.05) is 28.9 Å². The van der Waals surface area contributed by atoms with Gasteiger partial charge < -0.3 is 10.6 Å². The van der Waals surface area contributed by atoms with Gasteiger partial charge >= 0.3 is 6.18 Å². The van der Waals surface area contributed by atoms with Crippen molar-refractivity contribution in [3.05, 3.63) is 70.2 Å². The predicted molar refractivity (Wildman–Crippen MR) is 159 cm³/mol.